The molecule has 1 aliphatic heterocycles. The Hall–Kier alpha value is -2.16. The maximum Gasteiger partial charge on any atom is 0.351 e. The first-order valence-electron chi connectivity index (χ1n) is 6.17. The molecular formula is C11H15FN6O3. The Balaban J connectivity index is 2.60. The molecule has 1 aromatic rings. The van der Waals surface area contributed by atoms with Crippen LogP contribution in [0.15, 0.2) is 22.2 Å². The Morgan fingerprint density at radius 2 is 2.43 bits per heavy atom. The summed E-state index contributed by atoms with van der Waals surface area (Å²) in [5, 5.41) is 12.8. The van der Waals surface area contributed by atoms with E-state index >= 15 is 0 Å². The van der Waals surface area contributed by atoms with Crippen LogP contribution in [0.4, 0.5) is 10.2 Å². The standard InChI is InChI=1S/C11H15FN6O3/c1-6-10(2,16-17-14)8(21-11(6,12)5-19)18-4-3-7(13)15-9(18)20/h3-4,6,8,19H,5H2,1-2H3,(H2,13,15,20)/t6-,8+,10+,11+/m0/s1. The molecule has 114 valence electrons. The van der Waals surface area contributed by atoms with Crippen molar-refractivity contribution in [3.8, 4) is 0 Å². The summed E-state index contributed by atoms with van der Waals surface area (Å²) in [4.78, 5) is 18.1. The number of aliphatic hydroxyl groups is 1. The first-order chi connectivity index (χ1) is 9.78. The molecule has 0 radical (unpaired) electrons. The van der Waals surface area contributed by atoms with E-state index in [1.54, 1.807) is 0 Å². The number of halogens is 1. The van der Waals surface area contributed by atoms with Gasteiger partial charge in [0.25, 0.3) is 0 Å². The minimum absolute atomic E-state index is 0.00135. The van der Waals surface area contributed by atoms with Crippen molar-refractivity contribution in [2.24, 2.45) is 11.0 Å². The highest BCUT2D eigenvalue weighted by Crippen LogP contribution is 2.51. The van der Waals surface area contributed by atoms with E-state index in [4.69, 9.17) is 16.0 Å². The fourth-order valence-corrected chi connectivity index (χ4v) is 2.41. The fourth-order valence-electron chi connectivity index (χ4n) is 2.41. The third-order valence-corrected chi connectivity index (χ3v) is 3.91. The zero-order valence-corrected chi connectivity index (χ0v) is 11.5. The maximum absolute atomic E-state index is 14.6. The zero-order chi connectivity index (χ0) is 15.8. The number of ether oxygens (including phenoxy) is 1. The molecule has 0 unspecified atom stereocenters. The van der Waals surface area contributed by atoms with Gasteiger partial charge in [0.05, 0.1) is 5.54 Å². The zero-order valence-electron chi connectivity index (χ0n) is 11.5. The number of hydrogen-bond acceptors (Lipinski definition) is 6. The van der Waals surface area contributed by atoms with Crippen molar-refractivity contribution in [3.05, 3.63) is 33.2 Å². The molecule has 4 atom stereocenters. The quantitative estimate of drug-likeness (QED) is 0.480. The Morgan fingerprint density at radius 1 is 1.76 bits per heavy atom. The molecule has 0 bridgehead atoms. The van der Waals surface area contributed by atoms with E-state index in [-0.39, 0.29) is 5.82 Å². The fraction of sp³-hybridized carbons (Fsp3) is 0.636. The Labute approximate surface area is 118 Å². The van der Waals surface area contributed by atoms with Gasteiger partial charge in [-0.1, -0.05) is 12.0 Å². The number of nitrogens with two attached hydrogens (primary N) is 1. The van der Waals surface area contributed by atoms with Gasteiger partial charge in [-0.15, -0.1) is 0 Å². The average molecular weight is 298 g/mol. The van der Waals surface area contributed by atoms with Crippen molar-refractivity contribution in [2.45, 2.75) is 31.5 Å². The van der Waals surface area contributed by atoms with Crippen molar-refractivity contribution in [3.63, 3.8) is 0 Å². The smallest absolute Gasteiger partial charge is 0.351 e. The van der Waals surface area contributed by atoms with Crippen LogP contribution in [-0.4, -0.2) is 32.7 Å². The lowest BCUT2D eigenvalue weighted by Crippen LogP contribution is -2.42. The topological polar surface area (TPSA) is 139 Å². The van der Waals surface area contributed by atoms with E-state index in [1.807, 2.05) is 0 Å². The second-order valence-electron chi connectivity index (χ2n) is 5.09. The third kappa shape index (κ3) is 2.23. The van der Waals surface area contributed by atoms with Crippen molar-refractivity contribution in [1.29, 1.82) is 0 Å². The molecule has 1 aromatic heterocycles. The summed E-state index contributed by atoms with van der Waals surface area (Å²) in [6.07, 6.45) is 0.0252. The summed E-state index contributed by atoms with van der Waals surface area (Å²) in [6, 6.07) is 1.34. The largest absolute Gasteiger partial charge is 0.390 e. The molecule has 0 amide bonds. The molecule has 1 saturated heterocycles. The van der Waals surface area contributed by atoms with Crippen molar-refractivity contribution in [2.75, 3.05) is 12.3 Å². The average Bonchev–Trinajstić information content (AvgIpc) is 2.62. The second-order valence-corrected chi connectivity index (χ2v) is 5.09. The monoisotopic (exact) mass is 298 g/mol. The third-order valence-electron chi connectivity index (χ3n) is 3.91. The molecule has 0 aliphatic carbocycles. The normalized spacial score (nSPS) is 35.4. The van der Waals surface area contributed by atoms with Crippen LogP contribution in [0.25, 0.3) is 10.4 Å². The number of azide groups is 1. The van der Waals surface area contributed by atoms with Gasteiger partial charge in [-0.25, -0.2) is 9.18 Å². The predicted molar refractivity (Wildman–Crippen MR) is 70.7 cm³/mol. The van der Waals surface area contributed by atoms with Crippen molar-refractivity contribution in [1.82, 2.24) is 9.55 Å². The van der Waals surface area contributed by atoms with Gasteiger partial charge in [-0.3, -0.25) is 4.57 Å². The molecule has 0 saturated carbocycles. The van der Waals surface area contributed by atoms with Gasteiger partial charge in [0.2, 0.25) is 5.85 Å². The van der Waals surface area contributed by atoms with E-state index in [0.29, 0.717) is 0 Å². The lowest BCUT2D eigenvalue weighted by atomic mass is 9.84. The number of aliphatic hydroxyl groups excluding tert-OH is 1. The van der Waals surface area contributed by atoms with Crippen molar-refractivity contribution >= 4 is 5.82 Å². The van der Waals surface area contributed by atoms with E-state index in [1.165, 1.54) is 26.1 Å². The predicted octanol–water partition coefficient (Wildman–Crippen LogP) is 0.717. The first kappa shape index (κ1) is 15.2. The van der Waals surface area contributed by atoms with Crippen LogP contribution in [0.2, 0.25) is 0 Å². The summed E-state index contributed by atoms with van der Waals surface area (Å²) < 4.78 is 20.8. The van der Waals surface area contributed by atoms with Gasteiger partial charge in [0.1, 0.15) is 12.4 Å². The minimum Gasteiger partial charge on any atom is -0.390 e. The highest BCUT2D eigenvalue weighted by molar-refractivity contribution is 5.24. The maximum atomic E-state index is 14.6. The minimum atomic E-state index is -2.44. The molecule has 21 heavy (non-hydrogen) atoms. The van der Waals surface area contributed by atoms with Gasteiger partial charge in [0.15, 0.2) is 6.23 Å². The van der Waals surface area contributed by atoms with E-state index in [0.717, 1.165) is 4.57 Å². The SMILES string of the molecule is C[C@H]1[C@@](C)(N=[N+]=[N-])[C@H](n2ccc(N)nc2=O)O[C@]1(F)CO. The summed E-state index contributed by atoms with van der Waals surface area (Å²) in [5.41, 5.74) is 11.9. The molecule has 9 nitrogen and oxygen atoms in total. The summed E-state index contributed by atoms with van der Waals surface area (Å²) in [5.74, 6) is -3.42. The molecule has 0 aromatic carbocycles. The number of nitrogen functional groups attached to an aromatic ring is 1. The summed E-state index contributed by atoms with van der Waals surface area (Å²) >= 11 is 0. The molecule has 3 N–H and O–H groups in total. The van der Waals surface area contributed by atoms with E-state index in [2.05, 4.69) is 15.0 Å². The van der Waals surface area contributed by atoms with Crippen LogP contribution in [0.1, 0.15) is 20.1 Å². The molecule has 1 fully saturated rings. The molecule has 2 heterocycles. The second kappa shape index (κ2) is 4.99. The van der Waals surface area contributed by atoms with Gasteiger partial charge < -0.3 is 15.6 Å². The highest BCUT2D eigenvalue weighted by Gasteiger charge is 2.61. The van der Waals surface area contributed by atoms with Crippen LogP contribution in [0.5, 0.6) is 0 Å². The van der Waals surface area contributed by atoms with Gasteiger partial charge in [0, 0.05) is 17.0 Å². The number of hydrogen-bond donors (Lipinski definition) is 2. The number of alkyl halides is 1. The number of nitrogens with zero attached hydrogens (tertiary/aromatic N) is 5. The number of anilines is 1. The molecule has 0 spiro atoms. The number of aromatic nitrogens is 2. The van der Waals surface area contributed by atoms with Crippen LogP contribution in [0, 0.1) is 5.92 Å². The Kier molecular flexibility index (Phi) is 3.62. The van der Waals surface area contributed by atoms with Crippen molar-refractivity contribution < 1.29 is 14.2 Å². The summed E-state index contributed by atoms with van der Waals surface area (Å²) in [7, 11) is 0. The highest BCUT2D eigenvalue weighted by atomic mass is 19.2. The Bertz CT molecular complexity index is 660. The van der Waals surface area contributed by atoms with Crippen LogP contribution in [-0.2, 0) is 4.74 Å². The molecule has 2 rings (SSSR count). The lowest BCUT2D eigenvalue weighted by molar-refractivity contribution is -0.192. The first-order valence-corrected chi connectivity index (χ1v) is 6.17. The Morgan fingerprint density at radius 3 is 2.95 bits per heavy atom. The number of rotatable bonds is 3. The van der Waals surface area contributed by atoms with Gasteiger partial charge in [-0.05, 0) is 18.5 Å². The lowest BCUT2D eigenvalue weighted by Gasteiger charge is -2.29. The molecule has 1 aliphatic rings. The van der Waals surface area contributed by atoms with Crippen LogP contribution in [0.3, 0.4) is 0 Å². The molecule has 10 heteroatoms. The van der Waals surface area contributed by atoms with E-state index in [9.17, 15) is 14.3 Å². The summed E-state index contributed by atoms with van der Waals surface area (Å²) in [6.45, 7) is 1.95. The van der Waals surface area contributed by atoms with E-state index < -0.39 is 35.8 Å². The van der Waals surface area contributed by atoms with Crippen LogP contribution >= 0.6 is 0 Å². The van der Waals surface area contributed by atoms with Crippen LogP contribution < -0.4 is 11.4 Å². The molecular weight excluding hydrogens is 283 g/mol. The van der Waals surface area contributed by atoms with Gasteiger partial charge >= 0.3 is 5.69 Å². The van der Waals surface area contributed by atoms with Gasteiger partial charge in [-0.2, -0.15) is 4.98 Å².